The van der Waals surface area contributed by atoms with Crippen LogP contribution in [-0.4, -0.2) is 27.3 Å². The van der Waals surface area contributed by atoms with E-state index in [1.54, 1.807) is 0 Å². The predicted molar refractivity (Wildman–Crippen MR) is 80.7 cm³/mol. The Morgan fingerprint density at radius 2 is 2.05 bits per heavy atom. The SMILES string of the molecule is CCC1CCCCC1Oc1nnc(C)c(C)c1/C(N)=N/O. The Morgan fingerprint density at radius 3 is 2.71 bits per heavy atom. The Morgan fingerprint density at radius 1 is 1.33 bits per heavy atom. The first kappa shape index (κ1) is 15.5. The van der Waals surface area contributed by atoms with E-state index < -0.39 is 0 Å². The summed E-state index contributed by atoms with van der Waals surface area (Å²) < 4.78 is 6.10. The van der Waals surface area contributed by atoms with Crippen molar-refractivity contribution in [3.8, 4) is 5.88 Å². The summed E-state index contributed by atoms with van der Waals surface area (Å²) in [5.41, 5.74) is 7.92. The van der Waals surface area contributed by atoms with E-state index in [-0.39, 0.29) is 11.9 Å². The van der Waals surface area contributed by atoms with Crippen molar-refractivity contribution >= 4 is 5.84 Å². The average molecular weight is 292 g/mol. The van der Waals surface area contributed by atoms with E-state index in [4.69, 9.17) is 15.7 Å². The lowest BCUT2D eigenvalue weighted by Crippen LogP contribution is -2.31. The summed E-state index contributed by atoms with van der Waals surface area (Å²) >= 11 is 0. The number of nitrogens with two attached hydrogens (primary N) is 1. The van der Waals surface area contributed by atoms with E-state index in [1.165, 1.54) is 19.3 Å². The van der Waals surface area contributed by atoms with E-state index >= 15 is 0 Å². The first-order chi connectivity index (χ1) is 10.1. The van der Waals surface area contributed by atoms with Crippen molar-refractivity contribution in [3.63, 3.8) is 0 Å². The first-order valence-electron chi connectivity index (χ1n) is 7.56. The molecule has 116 valence electrons. The van der Waals surface area contributed by atoms with Gasteiger partial charge in [-0.05, 0) is 51.0 Å². The number of ether oxygens (including phenoxy) is 1. The van der Waals surface area contributed by atoms with Crippen molar-refractivity contribution in [1.29, 1.82) is 0 Å². The third kappa shape index (κ3) is 3.25. The van der Waals surface area contributed by atoms with E-state index in [2.05, 4.69) is 22.3 Å². The molecule has 0 aromatic carbocycles. The maximum Gasteiger partial charge on any atom is 0.245 e. The van der Waals surface area contributed by atoms with Crippen LogP contribution in [0.3, 0.4) is 0 Å². The first-order valence-corrected chi connectivity index (χ1v) is 7.56. The highest BCUT2D eigenvalue weighted by Crippen LogP contribution is 2.31. The number of nitrogens with zero attached hydrogens (tertiary/aromatic N) is 3. The van der Waals surface area contributed by atoms with Crippen LogP contribution in [0.1, 0.15) is 55.8 Å². The van der Waals surface area contributed by atoms with E-state index in [1.807, 2.05) is 13.8 Å². The molecule has 21 heavy (non-hydrogen) atoms. The molecule has 2 unspecified atom stereocenters. The summed E-state index contributed by atoms with van der Waals surface area (Å²) in [7, 11) is 0. The molecule has 3 N–H and O–H groups in total. The van der Waals surface area contributed by atoms with Gasteiger partial charge in [-0.2, -0.15) is 5.10 Å². The molecule has 0 bridgehead atoms. The second-order valence-corrected chi connectivity index (χ2v) is 5.68. The molecule has 0 radical (unpaired) electrons. The molecule has 6 nitrogen and oxygen atoms in total. The third-order valence-electron chi connectivity index (χ3n) is 4.41. The minimum Gasteiger partial charge on any atom is -0.472 e. The quantitative estimate of drug-likeness (QED) is 0.385. The molecular weight excluding hydrogens is 268 g/mol. The topological polar surface area (TPSA) is 93.6 Å². The summed E-state index contributed by atoms with van der Waals surface area (Å²) in [6.07, 6.45) is 5.83. The molecule has 0 amide bonds. The van der Waals surface area contributed by atoms with Crippen LogP contribution in [0.2, 0.25) is 0 Å². The smallest absolute Gasteiger partial charge is 0.245 e. The molecule has 0 aliphatic heterocycles. The van der Waals surface area contributed by atoms with Crippen molar-refractivity contribution in [1.82, 2.24) is 10.2 Å². The molecule has 2 atom stereocenters. The molecule has 1 saturated carbocycles. The van der Waals surface area contributed by atoms with Gasteiger partial charge in [0.05, 0.1) is 11.3 Å². The minimum atomic E-state index is 0.0179. The van der Waals surface area contributed by atoms with Gasteiger partial charge in [-0.3, -0.25) is 0 Å². The van der Waals surface area contributed by atoms with E-state index in [0.717, 1.165) is 24.1 Å². The van der Waals surface area contributed by atoms with Crippen molar-refractivity contribution in [2.45, 2.75) is 59.0 Å². The zero-order valence-corrected chi connectivity index (χ0v) is 13.0. The van der Waals surface area contributed by atoms with Gasteiger partial charge >= 0.3 is 0 Å². The number of hydrogen-bond acceptors (Lipinski definition) is 5. The zero-order chi connectivity index (χ0) is 15.4. The van der Waals surface area contributed by atoms with Crippen LogP contribution in [0.15, 0.2) is 5.16 Å². The fourth-order valence-electron chi connectivity index (χ4n) is 2.96. The fourth-order valence-corrected chi connectivity index (χ4v) is 2.96. The highest BCUT2D eigenvalue weighted by Gasteiger charge is 2.28. The lowest BCUT2D eigenvalue weighted by Gasteiger charge is -2.31. The van der Waals surface area contributed by atoms with Crippen LogP contribution in [0.5, 0.6) is 5.88 Å². The molecule has 1 heterocycles. The monoisotopic (exact) mass is 292 g/mol. The maximum absolute atomic E-state index is 8.99. The average Bonchev–Trinajstić information content (AvgIpc) is 2.51. The fraction of sp³-hybridized carbons (Fsp3) is 0.667. The summed E-state index contributed by atoms with van der Waals surface area (Å²) in [5, 5.41) is 20.3. The molecule has 1 aromatic heterocycles. The number of oxime groups is 1. The van der Waals surface area contributed by atoms with Gasteiger partial charge in [0.15, 0.2) is 5.84 Å². The van der Waals surface area contributed by atoms with Crippen LogP contribution in [0.25, 0.3) is 0 Å². The number of hydrogen-bond donors (Lipinski definition) is 2. The minimum absolute atomic E-state index is 0.0179. The molecule has 1 fully saturated rings. The van der Waals surface area contributed by atoms with Gasteiger partial charge in [0.25, 0.3) is 0 Å². The molecule has 1 aliphatic carbocycles. The number of aryl methyl sites for hydroxylation is 1. The van der Waals surface area contributed by atoms with Crippen LogP contribution in [0.4, 0.5) is 0 Å². The van der Waals surface area contributed by atoms with Crippen molar-refractivity contribution < 1.29 is 9.94 Å². The summed E-state index contributed by atoms with van der Waals surface area (Å²) in [5.74, 6) is 0.922. The maximum atomic E-state index is 8.99. The second kappa shape index (κ2) is 6.74. The van der Waals surface area contributed by atoms with Crippen molar-refractivity contribution in [2.75, 3.05) is 0 Å². The molecule has 1 aliphatic rings. The molecule has 0 spiro atoms. The van der Waals surface area contributed by atoms with Crippen LogP contribution in [-0.2, 0) is 0 Å². The Hall–Kier alpha value is -1.85. The molecule has 6 heteroatoms. The second-order valence-electron chi connectivity index (χ2n) is 5.68. The molecule has 1 aromatic rings. The predicted octanol–water partition coefficient (Wildman–Crippen LogP) is 2.54. The van der Waals surface area contributed by atoms with Gasteiger partial charge in [-0.25, -0.2) is 0 Å². The van der Waals surface area contributed by atoms with Gasteiger partial charge in [-0.1, -0.05) is 18.5 Å². The molecule has 2 rings (SSSR count). The number of rotatable bonds is 4. The summed E-state index contributed by atoms with van der Waals surface area (Å²) in [4.78, 5) is 0. The Labute approximate surface area is 125 Å². The van der Waals surface area contributed by atoms with E-state index in [9.17, 15) is 0 Å². The van der Waals surface area contributed by atoms with Gasteiger partial charge in [0.2, 0.25) is 5.88 Å². The lowest BCUT2D eigenvalue weighted by molar-refractivity contribution is 0.0844. The molecular formula is C15H24N4O2. The largest absolute Gasteiger partial charge is 0.472 e. The van der Waals surface area contributed by atoms with Crippen molar-refractivity contribution in [3.05, 3.63) is 16.8 Å². The van der Waals surface area contributed by atoms with Gasteiger partial charge in [0, 0.05) is 0 Å². The van der Waals surface area contributed by atoms with Gasteiger partial charge in [-0.15, -0.1) is 5.10 Å². The zero-order valence-electron chi connectivity index (χ0n) is 13.0. The normalized spacial score (nSPS) is 23.1. The Bertz CT molecular complexity index is 531. The highest BCUT2D eigenvalue weighted by atomic mass is 16.5. The molecule has 0 saturated heterocycles. The van der Waals surface area contributed by atoms with Crippen LogP contribution >= 0.6 is 0 Å². The number of aromatic nitrogens is 2. The van der Waals surface area contributed by atoms with E-state index in [0.29, 0.717) is 17.4 Å². The number of amidine groups is 1. The third-order valence-corrected chi connectivity index (χ3v) is 4.41. The Balaban J connectivity index is 2.33. The van der Waals surface area contributed by atoms with Crippen LogP contribution in [0, 0.1) is 19.8 Å². The van der Waals surface area contributed by atoms with Crippen molar-refractivity contribution in [2.24, 2.45) is 16.8 Å². The van der Waals surface area contributed by atoms with Gasteiger partial charge in [0.1, 0.15) is 6.10 Å². The Kier molecular flexibility index (Phi) is 4.98. The lowest BCUT2D eigenvalue weighted by atomic mass is 9.85. The summed E-state index contributed by atoms with van der Waals surface area (Å²) in [6.45, 7) is 5.90. The summed E-state index contributed by atoms with van der Waals surface area (Å²) in [6, 6.07) is 0. The van der Waals surface area contributed by atoms with Gasteiger partial charge < -0.3 is 15.7 Å². The van der Waals surface area contributed by atoms with Crippen LogP contribution < -0.4 is 10.5 Å². The standard InChI is InChI=1S/C15H24N4O2/c1-4-11-7-5-6-8-12(11)21-15-13(14(16)19-20)9(2)10(3)17-18-15/h11-12,20H,4-8H2,1-3H3,(H2,16,19). The highest BCUT2D eigenvalue weighted by molar-refractivity contribution is 6.00.